The van der Waals surface area contributed by atoms with E-state index in [1.165, 1.54) is 47.4 Å². The standard InChI is InChI=1S/C39H57O9PSi4/c1-5-31-33-35-39(4)37-36-38(3)34-32(6-2)41-52(43-34,47-38)27-15-24-50(23-14-26-51(40-31,42-33)44-35,25-16-28-53(45-36,46-37)48-39)22-13-21-49(29-17-9-7-10-18-29)30-19-11-8-12-20-30/h7-12,17-20,31-37H,5-6,13-16,21-28H2,1-4H3. The van der Waals surface area contributed by atoms with Crippen LogP contribution in [0.5, 0.6) is 0 Å². The zero-order chi connectivity index (χ0) is 36.1. The SMILES string of the molecule is CCC1O[Si]23CCC[Si]4(CCCP(c5ccccc5)c5ccccc5)CCC[Si]56OC(CC)C(O5)C(C)(O6)C5O[Si]6(CCC4)OC5C(C)(O6)C(O2)C1O3. The van der Waals surface area contributed by atoms with Gasteiger partial charge in [0.2, 0.25) is 0 Å². The van der Waals surface area contributed by atoms with Gasteiger partial charge in [0.25, 0.3) is 0 Å². The molecule has 0 saturated carbocycles. The van der Waals surface area contributed by atoms with E-state index in [4.69, 9.17) is 39.8 Å². The first-order valence-corrected chi connectivity index (χ1v) is 30.8. The summed E-state index contributed by atoms with van der Waals surface area (Å²) in [5.41, 5.74) is -1.39. The molecule has 8 saturated heterocycles. The summed E-state index contributed by atoms with van der Waals surface area (Å²) in [6, 6.07) is 30.1. The first kappa shape index (κ1) is 36.7. The number of rotatable bonds is 8. The predicted molar refractivity (Wildman–Crippen MR) is 213 cm³/mol. The van der Waals surface area contributed by atoms with Gasteiger partial charge in [-0.2, -0.15) is 0 Å². The summed E-state index contributed by atoms with van der Waals surface area (Å²) in [6.07, 6.45) is 6.31. The minimum Gasteiger partial charge on any atom is -0.368 e. The molecule has 9 nitrogen and oxygen atoms in total. The Morgan fingerprint density at radius 1 is 0.566 bits per heavy atom. The van der Waals surface area contributed by atoms with Gasteiger partial charge in [-0.25, -0.2) is 0 Å². The summed E-state index contributed by atoms with van der Waals surface area (Å²) in [5.74, 6) is 0. The van der Waals surface area contributed by atoms with Crippen molar-refractivity contribution < 1.29 is 39.8 Å². The number of fused-ring (bicyclic) bond motifs is 16. The lowest BCUT2D eigenvalue weighted by atomic mass is 9.77. The highest BCUT2D eigenvalue weighted by molar-refractivity contribution is 7.73. The fraction of sp³-hybridized carbons (Fsp3) is 0.692. The van der Waals surface area contributed by atoms with Gasteiger partial charge in [0.15, 0.2) is 0 Å². The van der Waals surface area contributed by atoms with Crippen LogP contribution >= 0.6 is 7.92 Å². The summed E-state index contributed by atoms with van der Waals surface area (Å²) >= 11 is 0. The minimum absolute atomic E-state index is 0.00444. The zero-order valence-electron chi connectivity index (χ0n) is 31.8. The molecule has 13 atom stereocenters. The van der Waals surface area contributed by atoms with Crippen molar-refractivity contribution in [3.05, 3.63) is 60.7 Å². The molecule has 8 heterocycles. The molecule has 3 spiro atoms. The third kappa shape index (κ3) is 5.93. The molecule has 2 aromatic rings. The Balaban J connectivity index is 1.02. The molecule has 0 amide bonds. The fourth-order valence-corrected chi connectivity index (χ4v) is 30.8. The minimum atomic E-state index is -3.10. The molecule has 10 rings (SSSR count). The third-order valence-electron chi connectivity index (χ3n) is 14.1. The Morgan fingerprint density at radius 2 is 1.06 bits per heavy atom. The van der Waals surface area contributed by atoms with Crippen LogP contribution in [0.15, 0.2) is 60.7 Å². The summed E-state index contributed by atoms with van der Waals surface area (Å²) < 4.78 is 63.9. The maximum atomic E-state index is 7.30. The molecule has 288 valence electrons. The van der Waals surface area contributed by atoms with Crippen molar-refractivity contribution in [3.8, 4) is 0 Å². The summed E-state index contributed by atoms with van der Waals surface area (Å²) in [6.45, 7) is 8.87. The highest BCUT2D eigenvalue weighted by atomic mass is 31.1. The molecule has 8 fully saturated rings. The molecule has 0 radical (unpaired) electrons. The van der Waals surface area contributed by atoms with Gasteiger partial charge in [-0.15, -0.1) is 0 Å². The van der Waals surface area contributed by atoms with Crippen LogP contribution in [-0.2, 0) is 39.8 Å². The van der Waals surface area contributed by atoms with Crippen LogP contribution in [0.25, 0.3) is 0 Å². The van der Waals surface area contributed by atoms with Crippen LogP contribution in [0.2, 0.25) is 42.3 Å². The molecule has 11 bridgehead atoms. The van der Waals surface area contributed by atoms with Crippen molar-refractivity contribution in [2.24, 2.45) is 0 Å². The lowest BCUT2D eigenvalue weighted by Crippen LogP contribution is -2.70. The van der Waals surface area contributed by atoms with E-state index < -0.39 is 53.6 Å². The van der Waals surface area contributed by atoms with Gasteiger partial charge in [0.1, 0.15) is 41.7 Å². The lowest BCUT2D eigenvalue weighted by Gasteiger charge is -2.50. The molecule has 0 N–H and O–H groups in total. The van der Waals surface area contributed by atoms with Crippen molar-refractivity contribution in [2.45, 2.75) is 162 Å². The van der Waals surface area contributed by atoms with Gasteiger partial charge in [-0.3, -0.25) is 0 Å². The van der Waals surface area contributed by atoms with E-state index in [1.54, 1.807) is 0 Å². The molecule has 53 heavy (non-hydrogen) atoms. The molecule has 14 heteroatoms. The second-order valence-electron chi connectivity index (χ2n) is 17.5. The average molecular weight is 813 g/mol. The first-order valence-electron chi connectivity index (χ1n) is 20.7. The van der Waals surface area contributed by atoms with E-state index in [1.807, 2.05) is 0 Å². The van der Waals surface area contributed by atoms with Crippen molar-refractivity contribution >= 4 is 53.0 Å². The van der Waals surface area contributed by atoms with E-state index in [-0.39, 0.29) is 42.7 Å². The summed E-state index contributed by atoms with van der Waals surface area (Å²) in [4.78, 5) is 0. The normalized spacial score (nSPS) is 48.2. The van der Waals surface area contributed by atoms with Crippen LogP contribution in [0, 0.1) is 0 Å². The maximum absolute atomic E-state index is 7.30. The average Bonchev–Trinajstić information content (AvgIpc) is 4.00. The van der Waals surface area contributed by atoms with Crippen molar-refractivity contribution in [1.29, 1.82) is 0 Å². The Hall–Kier alpha value is -0.622. The Kier molecular flexibility index (Phi) is 9.33. The van der Waals surface area contributed by atoms with E-state index in [2.05, 4.69) is 88.4 Å². The molecular weight excluding hydrogens is 756 g/mol. The zero-order valence-corrected chi connectivity index (χ0v) is 36.7. The Bertz CT molecular complexity index is 1630. The van der Waals surface area contributed by atoms with E-state index >= 15 is 0 Å². The first-order chi connectivity index (χ1) is 25.6. The smallest absolute Gasteiger partial charge is 0.368 e. The molecular formula is C39H57O9PSi4. The van der Waals surface area contributed by atoms with E-state index in [9.17, 15) is 0 Å². The van der Waals surface area contributed by atoms with Crippen molar-refractivity contribution in [1.82, 2.24) is 0 Å². The van der Waals surface area contributed by atoms with Gasteiger partial charge in [-0.1, -0.05) is 124 Å². The van der Waals surface area contributed by atoms with Crippen LogP contribution in [0.3, 0.4) is 0 Å². The van der Waals surface area contributed by atoms with Crippen LogP contribution < -0.4 is 10.6 Å². The molecule has 2 aromatic carbocycles. The second-order valence-corrected chi connectivity index (χ2v) is 32.5. The number of hydrogen-bond acceptors (Lipinski definition) is 9. The van der Waals surface area contributed by atoms with E-state index in [0.717, 1.165) is 50.2 Å². The maximum Gasteiger partial charge on any atom is 0.502 e. The number of hydrogen-bond donors (Lipinski definition) is 0. The fourth-order valence-electron chi connectivity index (χ4n) is 11.5. The topological polar surface area (TPSA) is 83.1 Å². The monoisotopic (exact) mass is 812 g/mol. The quantitative estimate of drug-likeness (QED) is 0.205. The predicted octanol–water partition coefficient (Wildman–Crippen LogP) is 7.12. The molecule has 13 unspecified atom stereocenters. The van der Waals surface area contributed by atoms with Gasteiger partial charge < -0.3 is 39.8 Å². The Labute approximate surface area is 320 Å². The van der Waals surface area contributed by atoms with Gasteiger partial charge in [0.05, 0.1) is 20.3 Å². The van der Waals surface area contributed by atoms with Crippen LogP contribution in [-0.4, -0.2) is 94.6 Å². The third-order valence-corrected chi connectivity index (χ3v) is 31.2. The molecule has 8 aliphatic heterocycles. The molecule has 8 aliphatic rings. The molecule has 0 aromatic heterocycles. The second kappa shape index (κ2) is 13.5. The Morgan fingerprint density at radius 3 is 1.64 bits per heavy atom. The van der Waals surface area contributed by atoms with Crippen molar-refractivity contribution in [3.63, 3.8) is 0 Å². The molecule has 0 aliphatic carbocycles. The van der Waals surface area contributed by atoms with Crippen LogP contribution in [0.1, 0.15) is 66.2 Å². The van der Waals surface area contributed by atoms with Gasteiger partial charge in [-0.05, 0) is 51.4 Å². The highest BCUT2D eigenvalue weighted by Gasteiger charge is 2.81. The lowest BCUT2D eigenvalue weighted by molar-refractivity contribution is -0.183. The van der Waals surface area contributed by atoms with Crippen molar-refractivity contribution in [2.75, 3.05) is 6.16 Å². The highest BCUT2D eigenvalue weighted by Crippen LogP contribution is 2.60. The van der Waals surface area contributed by atoms with E-state index in [0.29, 0.717) is 0 Å². The summed E-state index contributed by atoms with van der Waals surface area (Å²) in [7, 11) is -11.2. The largest absolute Gasteiger partial charge is 0.502 e. The van der Waals surface area contributed by atoms with Gasteiger partial charge in [0, 0.05) is 18.1 Å². The summed E-state index contributed by atoms with van der Waals surface area (Å²) in [5, 5.41) is 2.94. The van der Waals surface area contributed by atoms with Gasteiger partial charge >= 0.3 is 26.4 Å². The number of benzene rings is 2. The van der Waals surface area contributed by atoms with Crippen LogP contribution in [0.4, 0.5) is 0 Å².